The molecule has 3 aromatic heterocycles. The molecule has 1 N–H and O–H groups in total. The highest BCUT2D eigenvalue weighted by molar-refractivity contribution is 5.86. The van der Waals surface area contributed by atoms with E-state index in [-0.39, 0.29) is 30.6 Å². The van der Waals surface area contributed by atoms with Crippen LogP contribution in [0.5, 0.6) is 0 Å². The number of halogens is 3. The molecule has 0 atom stereocenters. The standard InChI is InChI=1S/C21H21FN6.2ClH/c1-12-7-19(27-28-11-13(2)24-21(12)28)15-8-17(22)16-10-18(25-26-20(16)9-15)14-3-5-23-6-4-14;;/h7-11,14,23H,3-6H2,1-2H3;2*1H. The molecule has 4 heterocycles. The summed E-state index contributed by atoms with van der Waals surface area (Å²) in [6, 6.07) is 7.18. The van der Waals surface area contributed by atoms with Crippen LogP contribution in [-0.2, 0) is 0 Å². The zero-order valence-corrected chi connectivity index (χ0v) is 18.4. The molecule has 1 aliphatic heterocycles. The number of aromatic nitrogens is 5. The van der Waals surface area contributed by atoms with Crippen molar-refractivity contribution in [2.24, 2.45) is 0 Å². The van der Waals surface area contributed by atoms with Crippen LogP contribution in [0.3, 0.4) is 0 Å². The average Bonchev–Trinajstić information content (AvgIpc) is 3.09. The summed E-state index contributed by atoms with van der Waals surface area (Å²) >= 11 is 0. The number of piperidine rings is 1. The van der Waals surface area contributed by atoms with E-state index in [2.05, 4.69) is 25.6 Å². The molecule has 9 heteroatoms. The Morgan fingerprint density at radius 3 is 2.57 bits per heavy atom. The van der Waals surface area contributed by atoms with E-state index in [1.807, 2.05) is 38.2 Å². The summed E-state index contributed by atoms with van der Waals surface area (Å²) in [5.41, 5.74) is 5.50. The first-order chi connectivity index (χ1) is 13.6. The Kier molecular flexibility index (Phi) is 6.55. The van der Waals surface area contributed by atoms with Crippen molar-refractivity contribution in [3.63, 3.8) is 0 Å². The highest BCUT2D eigenvalue weighted by atomic mass is 35.5. The molecule has 4 aromatic rings. The third kappa shape index (κ3) is 3.97. The molecule has 5 rings (SSSR count). The third-order valence-corrected chi connectivity index (χ3v) is 5.46. The molecule has 1 aliphatic rings. The van der Waals surface area contributed by atoms with Crippen LogP contribution in [0.2, 0.25) is 0 Å². The Labute approximate surface area is 186 Å². The molecule has 30 heavy (non-hydrogen) atoms. The Balaban J connectivity index is 0.00000128. The van der Waals surface area contributed by atoms with Crippen molar-refractivity contribution < 1.29 is 4.39 Å². The molecule has 6 nitrogen and oxygen atoms in total. The van der Waals surface area contributed by atoms with Crippen molar-refractivity contribution in [1.82, 2.24) is 30.1 Å². The van der Waals surface area contributed by atoms with Crippen molar-refractivity contribution >= 4 is 41.4 Å². The quantitative estimate of drug-likeness (QED) is 0.491. The molecule has 0 aliphatic carbocycles. The maximum Gasteiger partial charge on any atom is 0.156 e. The Morgan fingerprint density at radius 2 is 1.80 bits per heavy atom. The number of benzene rings is 1. The summed E-state index contributed by atoms with van der Waals surface area (Å²) in [7, 11) is 0. The summed E-state index contributed by atoms with van der Waals surface area (Å²) in [5.74, 6) is 0.0485. The first kappa shape index (κ1) is 22.3. The zero-order chi connectivity index (χ0) is 19.3. The molecule has 0 amide bonds. The van der Waals surface area contributed by atoms with E-state index in [0.29, 0.717) is 28.1 Å². The van der Waals surface area contributed by atoms with Gasteiger partial charge in [-0.25, -0.2) is 13.9 Å². The Bertz CT molecular complexity index is 1200. The Morgan fingerprint density at radius 1 is 1.03 bits per heavy atom. The monoisotopic (exact) mass is 448 g/mol. The van der Waals surface area contributed by atoms with Crippen molar-refractivity contribution in [2.75, 3.05) is 13.1 Å². The summed E-state index contributed by atoms with van der Waals surface area (Å²) in [4.78, 5) is 4.47. The van der Waals surface area contributed by atoms with Crippen molar-refractivity contribution in [3.05, 3.63) is 53.2 Å². The maximum atomic E-state index is 15.0. The number of imidazole rings is 1. The van der Waals surface area contributed by atoms with Crippen molar-refractivity contribution in [2.45, 2.75) is 32.6 Å². The molecular weight excluding hydrogens is 426 g/mol. The van der Waals surface area contributed by atoms with Crippen molar-refractivity contribution in [3.8, 4) is 11.3 Å². The highest BCUT2D eigenvalue weighted by Crippen LogP contribution is 2.29. The topological polar surface area (TPSA) is 68.0 Å². The zero-order valence-electron chi connectivity index (χ0n) is 16.7. The lowest BCUT2D eigenvalue weighted by atomic mass is 9.93. The third-order valence-electron chi connectivity index (χ3n) is 5.46. The van der Waals surface area contributed by atoms with Crippen LogP contribution in [0.4, 0.5) is 4.39 Å². The fourth-order valence-electron chi connectivity index (χ4n) is 3.97. The summed E-state index contributed by atoms with van der Waals surface area (Å²) in [6.07, 6.45) is 3.88. The molecule has 0 radical (unpaired) electrons. The van der Waals surface area contributed by atoms with Crippen LogP contribution >= 0.6 is 24.8 Å². The first-order valence-corrected chi connectivity index (χ1v) is 9.60. The molecule has 0 bridgehead atoms. The van der Waals surface area contributed by atoms with Crippen LogP contribution in [-0.4, -0.2) is 37.9 Å². The molecule has 0 unspecified atom stereocenters. The van der Waals surface area contributed by atoms with E-state index in [1.54, 1.807) is 4.52 Å². The number of nitrogens with zero attached hydrogens (tertiary/aromatic N) is 5. The van der Waals surface area contributed by atoms with Gasteiger partial charge in [-0.15, -0.1) is 24.8 Å². The summed E-state index contributed by atoms with van der Waals surface area (Å²) in [5, 5.41) is 17.2. The van der Waals surface area contributed by atoms with Gasteiger partial charge in [0.05, 0.1) is 28.8 Å². The normalized spacial score (nSPS) is 14.5. The van der Waals surface area contributed by atoms with Gasteiger partial charge in [0.1, 0.15) is 5.82 Å². The lowest BCUT2D eigenvalue weighted by Crippen LogP contribution is -2.27. The molecule has 1 aromatic carbocycles. The predicted octanol–water partition coefficient (Wildman–Crippen LogP) is 4.41. The average molecular weight is 449 g/mol. The second kappa shape index (κ2) is 8.79. The van der Waals surface area contributed by atoms with Crippen LogP contribution in [0.25, 0.3) is 27.8 Å². The fourth-order valence-corrected chi connectivity index (χ4v) is 3.97. The molecule has 0 spiro atoms. The van der Waals surface area contributed by atoms with Crippen LogP contribution < -0.4 is 5.32 Å². The SMILES string of the molecule is Cc1cn2nc(-c3cc(F)c4cc(C5CCNCC5)nnc4c3)cc(C)c2n1.Cl.Cl. The van der Waals surface area contributed by atoms with Gasteiger partial charge in [0.2, 0.25) is 0 Å². The largest absolute Gasteiger partial charge is 0.317 e. The smallest absolute Gasteiger partial charge is 0.156 e. The molecule has 158 valence electrons. The number of aryl methyl sites for hydroxylation is 2. The number of fused-ring (bicyclic) bond motifs is 2. The van der Waals surface area contributed by atoms with E-state index in [1.165, 1.54) is 6.07 Å². The predicted molar refractivity (Wildman–Crippen MR) is 120 cm³/mol. The number of nitrogens with one attached hydrogen (secondary N) is 1. The molecule has 1 fully saturated rings. The molecule has 1 saturated heterocycles. The second-order valence-electron chi connectivity index (χ2n) is 7.55. The van der Waals surface area contributed by atoms with Gasteiger partial charge >= 0.3 is 0 Å². The number of hydrogen-bond acceptors (Lipinski definition) is 5. The van der Waals surface area contributed by atoms with Crippen molar-refractivity contribution in [1.29, 1.82) is 0 Å². The van der Waals surface area contributed by atoms with Gasteiger partial charge in [0, 0.05) is 16.9 Å². The minimum Gasteiger partial charge on any atom is -0.317 e. The second-order valence-corrected chi connectivity index (χ2v) is 7.55. The van der Waals surface area contributed by atoms with Gasteiger partial charge in [-0.05, 0) is 69.6 Å². The summed E-state index contributed by atoms with van der Waals surface area (Å²) in [6.45, 7) is 5.84. The molecule has 0 saturated carbocycles. The minimum atomic E-state index is -0.293. The van der Waals surface area contributed by atoms with E-state index >= 15 is 0 Å². The number of rotatable bonds is 2. The Hall–Kier alpha value is -2.35. The van der Waals surface area contributed by atoms with E-state index in [0.717, 1.165) is 48.5 Å². The van der Waals surface area contributed by atoms with Gasteiger partial charge < -0.3 is 5.32 Å². The summed E-state index contributed by atoms with van der Waals surface area (Å²) < 4.78 is 16.7. The molecular formula is C21H23Cl2FN6. The highest BCUT2D eigenvalue weighted by Gasteiger charge is 2.19. The van der Waals surface area contributed by atoms with Gasteiger partial charge in [-0.2, -0.15) is 15.3 Å². The van der Waals surface area contributed by atoms with Crippen LogP contribution in [0, 0.1) is 19.7 Å². The van der Waals surface area contributed by atoms with Crippen LogP contribution in [0.1, 0.15) is 35.7 Å². The minimum absolute atomic E-state index is 0. The van der Waals surface area contributed by atoms with Gasteiger partial charge in [-0.1, -0.05) is 0 Å². The van der Waals surface area contributed by atoms with Gasteiger partial charge in [0.25, 0.3) is 0 Å². The number of hydrogen-bond donors (Lipinski definition) is 1. The lowest BCUT2D eigenvalue weighted by Gasteiger charge is -2.21. The fraction of sp³-hybridized carbons (Fsp3) is 0.333. The van der Waals surface area contributed by atoms with E-state index < -0.39 is 0 Å². The van der Waals surface area contributed by atoms with Crippen LogP contribution in [0.15, 0.2) is 30.5 Å². The lowest BCUT2D eigenvalue weighted by molar-refractivity contribution is 0.451. The van der Waals surface area contributed by atoms with Gasteiger partial charge in [-0.3, -0.25) is 0 Å². The maximum absolute atomic E-state index is 15.0. The van der Waals surface area contributed by atoms with E-state index in [4.69, 9.17) is 0 Å². The first-order valence-electron chi connectivity index (χ1n) is 9.60. The van der Waals surface area contributed by atoms with E-state index in [9.17, 15) is 4.39 Å². The van der Waals surface area contributed by atoms with Gasteiger partial charge in [0.15, 0.2) is 5.65 Å².